The van der Waals surface area contributed by atoms with Crippen LogP contribution in [0.1, 0.15) is 36.1 Å². The van der Waals surface area contributed by atoms with Gasteiger partial charge in [-0.2, -0.15) is 0 Å². The number of hydrogen-bond donors (Lipinski definition) is 2. The van der Waals surface area contributed by atoms with Crippen LogP contribution in [0.3, 0.4) is 0 Å². The second-order valence-corrected chi connectivity index (χ2v) is 7.81. The van der Waals surface area contributed by atoms with Crippen molar-refractivity contribution >= 4 is 27.5 Å². The van der Waals surface area contributed by atoms with E-state index in [0.717, 1.165) is 35.9 Å². The molecular weight excluding hydrogens is 364 g/mol. The van der Waals surface area contributed by atoms with Crippen molar-refractivity contribution in [3.63, 3.8) is 0 Å². The first-order chi connectivity index (χ1) is 13.1. The van der Waals surface area contributed by atoms with Gasteiger partial charge in [-0.25, -0.2) is 9.78 Å². The van der Waals surface area contributed by atoms with Gasteiger partial charge in [0.2, 0.25) is 0 Å². The maximum absolute atomic E-state index is 12.8. The Labute approximate surface area is 159 Å². The second kappa shape index (κ2) is 7.52. The van der Waals surface area contributed by atoms with Crippen LogP contribution in [-0.2, 0) is 17.6 Å². The third-order valence-corrected chi connectivity index (χ3v) is 5.98. The van der Waals surface area contributed by atoms with Gasteiger partial charge in [0, 0.05) is 10.4 Å². The summed E-state index contributed by atoms with van der Waals surface area (Å²) in [5.41, 5.74) is 1.76. The van der Waals surface area contributed by atoms with Gasteiger partial charge in [0.25, 0.3) is 5.56 Å². The van der Waals surface area contributed by atoms with Crippen LogP contribution >= 0.6 is 11.3 Å². The van der Waals surface area contributed by atoms with E-state index in [1.807, 2.05) is 6.07 Å². The standard InChI is InChI=1S/C20H20N2O4S/c23-16(24)11-26-13-7-5-6-12(10-13)18-21-19(25)17-14-8-3-1-2-4-9-15(14)27-20(17)22-18/h5-7,10H,1-4,8-9,11H2,(H,23,24)(H,21,22,25). The molecule has 0 aliphatic heterocycles. The summed E-state index contributed by atoms with van der Waals surface area (Å²) in [5.74, 6) is -0.136. The number of aryl methyl sites for hydroxylation is 2. The molecule has 4 rings (SSSR count). The molecule has 2 heterocycles. The second-order valence-electron chi connectivity index (χ2n) is 6.72. The number of aromatic nitrogens is 2. The smallest absolute Gasteiger partial charge is 0.341 e. The quantitative estimate of drug-likeness (QED) is 0.714. The molecule has 0 radical (unpaired) electrons. The maximum Gasteiger partial charge on any atom is 0.341 e. The van der Waals surface area contributed by atoms with Gasteiger partial charge in [0.1, 0.15) is 16.4 Å². The van der Waals surface area contributed by atoms with E-state index in [2.05, 4.69) is 4.98 Å². The highest BCUT2D eigenvalue weighted by Gasteiger charge is 2.18. The molecule has 0 amide bonds. The number of nitrogens with one attached hydrogen (secondary N) is 1. The van der Waals surface area contributed by atoms with Gasteiger partial charge >= 0.3 is 5.97 Å². The zero-order valence-corrected chi connectivity index (χ0v) is 15.6. The fourth-order valence-electron chi connectivity index (χ4n) is 3.53. The predicted molar refractivity (Wildman–Crippen MR) is 105 cm³/mol. The molecule has 0 bridgehead atoms. The monoisotopic (exact) mass is 384 g/mol. The maximum atomic E-state index is 12.8. The minimum absolute atomic E-state index is 0.107. The Morgan fingerprint density at radius 3 is 2.85 bits per heavy atom. The van der Waals surface area contributed by atoms with Crippen molar-refractivity contribution in [1.82, 2.24) is 9.97 Å². The highest BCUT2D eigenvalue weighted by Crippen LogP contribution is 2.33. The fourth-order valence-corrected chi connectivity index (χ4v) is 4.79. The Morgan fingerprint density at radius 1 is 1.22 bits per heavy atom. The van der Waals surface area contributed by atoms with E-state index in [1.165, 1.54) is 23.3 Å². The Morgan fingerprint density at radius 2 is 2.04 bits per heavy atom. The molecule has 7 heteroatoms. The number of thiophene rings is 1. The lowest BCUT2D eigenvalue weighted by Gasteiger charge is -2.09. The molecule has 140 valence electrons. The van der Waals surface area contributed by atoms with E-state index in [0.29, 0.717) is 17.1 Å². The van der Waals surface area contributed by atoms with Crippen molar-refractivity contribution < 1.29 is 14.6 Å². The van der Waals surface area contributed by atoms with E-state index in [-0.39, 0.29) is 5.56 Å². The number of ether oxygens (including phenoxy) is 1. The van der Waals surface area contributed by atoms with E-state index in [4.69, 9.17) is 14.8 Å². The van der Waals surface area contributed by atoms with Gasteiger partial charge in [-0.15, -0.1) is 11.3 Å². The van der Waals surface area contributed by atoms with E-state index in [9.17, 15) is 9.59 Å². The zero-order chi connectivity index (χ0) is 18.8. The Bertz CT molecular complexity index is 1050. The summed E-state index contributed by atoms with van der Waals surface area (Å²) in [7, 11) is 0. The van der Waals surface area contributed by atoms with E-state index < -0.39 is 12.6 Å². The summed E-state index contributed by atoms with van der Waals surface area (Å²) < 4.78 is 5.22. The number of aliphatic carboxylic acids is 1. The highest BCUT2D eigenvalue weighted by atomic mass is 32.1. The molecule has 2 aromatic heterocycles. The first kappa shape index (κ1) is 17.7. The molecule has 0 fully saturated rings. The van der Waals surface area contributed by atoms with Crippen molar-refractivity contribution in [2.45, 2.75) is 38.5 Å². The molecule has 0 saturated carbocycles. The van der Waals surface area contributed by atoms with Crippen LogP contribution in [0.2, 0.25) is 0 Å². The van der Waals surface area contributed by atoms with Crippen LogP contribution in [0.25, 0.3) is 21.6 Å². The van der Waals surface area contributed by atoms with Crippen molar-refractivity contribution in [3.8, 4) is 17.1 Å². The topological polar surface area (TPSA) is 92.3 Å². The van der Waals surface area contributed by atoms with Crippen LogP contribution < -0.4 is 10.3 Å². The number of benzene rings is 1. The lowest BCUT2D eigenvalue weighted by molar-refractivity contribution is -0.139. The SMILES string of the molecule is O=C(O)COc1cccc(-c2nc3sc4c(c3c(=O)[nH]2)CCCCCC4)c1. The lowest BCUT2D eigenvalue weighted by atomic mass is 9.98. The molecule has 0 saturated heterocycles. The number of nitrogens with zero attached hydrogens (tertiary/aromatic N) is 1. The van der Waals surface area contributed by atoms with Crippen molar-refractivity contribution in [2.24, 2.45) is 0 Å². The van der Waals surface area contributed by atoms with Crippen LogP contribution in [0.4, 0.5) is 0 Å². The van der Waals surface area contributed by atoms with Crippen molar-refractivity contribution in [3.05, 3.63) is 45.1 Å². The number of rotatable bonds is 4. The summed E-state index contributed by atoms with van der Waals surface area (Å²) in [5, 5.41) is 9.49. The van der Waals surface area contributed by atoms with Gasteiger partial charge < -0.3 is 14.8 Å². The fraction of sp³-hybridized carbons (Fsp3) is 0.350. The number of aromatic amines is 1. The molecule has 1 aromatic carbocycles. The van der Waals surface area contributed by atoms with E-state index in [1.54, 1.807) is 29.5 Å². The molecule has 1 aliphatic rings. The molecule has 6 nitrogen and oxygen atoms in total. The number of carboxylic acids is 1. The first-order valence-electron chi connectivity index (χ1n) is 9.11. The molecule has 1 aliphatic carbocycles. The minimum atomic E-state index is -1.04. The average molecular weight is 384 g/mol. The van der Waals surface area contributed by atoms with Crippen LogP contribution in [0.15, 0.2) is 29.1 Å². The highest BCUT2D eigenvalue weighted by molar-refractivity contribution is 7.18. The van der Waals surface area contributed by atoms with Crippen molar-refractivity contribution in [2.75, 3.05) is 6.61 Å². The molecule has 27 heavy (non-hydrogen) atoms. The van der Waals surface area contributed by atoms with Crippen molar-refractivity contribution in [1.29, 1.82) is 0 Å². The summed E-state index contributed by atoms with van der Waals surface area (Å²) in [6, 6.07) is 6.95. The minimum Gasteiger partial charge on any atom is -0.482 e. The normalized spacial score (nSPS) is 14.4. The van der Waals surface area contributed by atoms with E-state index >= 15 is 0 Å². The van der Waals surface area contributed by atoms with Gasteiger partial charge in [0.15, 0.2) is 6.61 Å². The third kappa shape index (κ3) is 3.73. The Balaban J connectivity index is 1.74. The van der Waals surface area contributed by atoms with Crippen LogP contribution in [0, 0.1) is 0 Å². The predicted octanol–water partition coefficient (Wildman–Crippen LogP) is 3.77. The number of carbonyl (C=O) groups is 1. The third-order valence-electron chi connectivity index (χ3n) is 4.79. The molecule has 0 atom stereocenters. The van der Waals surface area contributed by atoms with Gasteiger partial charge in [-0.3, -0.25) is 4.79 Å². The number of hydrogen-bond acceptors (Lipinski definition) is 5. The van der Waals surface area contributed by atoms with Crippen LogP contribution in [-0.4, -0.2) is 27.7 Å². The summed E-state index contributed by atoms with van der Waals surface area (Å²) >= 11 is 1.62. The number of fused-ring (bicyclic) bond motifs is 3. The van der Waals surface area contributed by atoms with Gasteiger partial charge in [0.05, 0.1) is 5.39 Å². The van der Waals surface area contributed by atoms with Gasteiger partial charge in [-0.1, -0.05) is 25.0 Å². The largest absolute Gasteiger partial charge is 0.482 e. The number of carboxylic acid groups (broad SMARTS) is 1. The zero-order valence-electron chi connectivity index (χ0n) is 14.8. The summed E-state index contributed by atoms with van der Waals surface area (Å²) in [4.78, 5) is 33.2. The Kier molecular flexibility index (Phi) is 4.94. The molecule has 0 spiro atoms. The summed E-state index contributed by atoms with van der Waals surface area (Å²) in [6.45, 7) is -0.413. The first-order valence-corrected chi connectivity index (χ1v) is 9.93. The van der Waals surface area contributed by atoms with Crippen LogP contribution in [0.5, 0.6) is 5.75 Å². The molecule has 2 N–H and O–H groups in total. The number of H-pyrrole nitrogens is 1. The molecular formula is C20H20N2O4S. The molecule has 0 unspecified atom stereocenters. The van der Waals surface area contributed by atoms with Gasteiger partial charge in [-0.05, 0) is 43.4 Å². The molecule has 3 aromatic rings. The lowest BCUT2D eigenvalue weighted by Crippen LogP contribution is -2.11. The Hall–Kier alpha value is -2.67. The summed E-state index contributed by atoms with van der Waals surface area (Å²) in [6.07, 6.45) is 6.69. The average Bonchev–Trinajstić information content (AvgIpc) is 2.97.